The molecule has 0 saturated heterocycles. The summed E-state index contributed by atoms with van der Waals surface area (Å²) in [5.41, 5.74) is 7.55. The number of fused-ring (bicyclic) bond motifs is 3. The van der Waals surface area contributed by atoms with Gasteiger partial charge in [-0.05, 0) is 18.2 Å². The quantitative estimate of drug-likeness (QED) is 0.490. The second-order valence-electron chi connectivity index (χ2n) is 6.37. The molecule has 4 N–H and O–H groups in total. The first kappa shape index (κ1) is 17.9. The number of nitrogens with one attached hydrogen (secondary N) is 2. The van der Waals surface area contributed by atoms with Gasteiger partial charge in [0.15, 0.2) is 5.69 Å². The van der Waals surface area contributed by atoms with Gasteiger partial charge in [0.05, 0.1) is 17.5 Å². The molecular weight excluding hydrogens is 383 g/mol. The zero-order valence-corrected chi connectivity index (χ0v) is 15.5. The lowest BCUT2D eigenvalue weighted by Crippen LogP contribution is -2.13. The van der Waals surface area contributed by atoms with Gasteiger partial charge < -0.3 is 10.7 Å². The average Bonchev–Trinajstić information content (AvgIpc) is 2.98. The molecule has 0 aliphatic heterocycles. The molecule has 0 radical (unpaired) electrons. The fourth-order valence-corrected chi connectivity index (χ4v) is 3.82. The lowest BCUT2D eigenvalue weighted by Gasteiger charge is -2.07. The Labute approximate surface area is 159 Å². The number of H-pyrrole nitrogens is 1. The Morgan fingerprint density at radius 2 is 1.93 bits per heavy atom. The minimum atomic E-state index is -3.45. The van der Waals surface area contributed by atoms with Gasteiger partial charge in [-0.25, -0.2) is 17.8 Å². The zero-order valence-electron chi connectivity index (χ0n) is 14.7. The van der Waals surface area contributed by atoms with Crippen molar-refractivity contribution < 1.29 is 17.6 Å². The van der Waals surface area contributed by atoms with Gasteiger partial charge in [-0.1, -0.05) is 24.3 Å². The normalized spacial score (nSPS) is 11.8. The molecule has 4 aromatic rings. The van der Waals surface area contributed by atoms with Crippen molar-refractivity contribution in [3.05, 3.63) is 60.2 Å². The van der Waals surface area contributed by atoms with Crippen LogP contribution in [0.5, 0.6) is 0 Å². The molecule has 0 aliphatic carbocycles. The van der Waals surface area contributed by atoms with E-state index in [9.17, 15) is 17.6 Å². The van der Waals surface area contributed by atoms with Crippen molar-refractivity contribution >= 4 is 43.4 Å². The maximum Gasteiger partial charge on any atom is 0.269 e. The van der Waals surface area contributed by atoms with E-state index in [1.807, 2.05) is 0 Å². The molecule has 142 valence electrons. The lowest BCUT2D eigenvalue weighted by atomic mass is 10.00. The number of hydrogen-bond acceptors (Lipinski definition) is 4. The van der Waals surface area contributed by atoms with Crippen LogP contribution in [0.25, 0.3) is 32.9 Å². The van der Waals surface area contributed by atoms with Crippen molar-refractivity contribution in [2.75, 3.05) is 11.0 Å². The topological polar surface area (TPSA) is 118 Å². The summed E-state index contributed by atoms with van der Waals surface area (Å²) in [6, 6.07) is 11.1. The number of amides is 1. The first-order valence-corrected chi connectivity index (χ1v) is 10.1. The zero-order chi connectivity index (χ0) is 20.1. The fourth-order valence-electron chi connectivity index (χ4n) is 3.26. The van der Waals surface area contributed by atoms with Crippen molar-refractivity contribution in [3.63, 3.8) is 0 Å². The van der Waals surface area contributed by atoms with E-state index in [-0.39, 0.29) is 5.69 Å². The molecular formula is C19H15FN4O3S. The Morgan fingerprint density at radius 1 is 1.18 bits per heavy atom. The third-order valence-corrected chi connectivity index (χ3v) is 4.93. The predicted molar refractivity (Wildman–Crippen MR) is 106 cm³/mol. The van der Waals surface area contributed by atoms with E-state index in [0.29, 0.717) is 38.6 Å². The van der Waals surface area contributed by atoms with Crippen molar-refractivity contribution in [1.29, 1.82) is 0 Å². The van der Waals surface area contributed by atoms with Gasteiger partial charge in [-0.15, -0.1) is 0 Å². The number of halogens is 1. The molecule has 1 amide bonds. The maximum absolute atomic E-state index is 14.4. The molecule has 9 heteroatoms. The smallest absolute Gasteiger partial charge is 0.269 e. The molecule has 2 heterocycles. The standard InChI is InChI=1S/C19H15FN4O3S/c1-28(26,27)24-10-6-7-12-15(8-10)23-17-16(12)13(9-22-18(17)19(21)25)11-4-2-3-5-14(11)20/h2-9,23-24H,1H3,(H2,21,25). The van der Waals surface area contributed by atoms with Gasteiger partial charge in [0.1, 0.15) is 5.82 Å². The van der Waals surface area contributed by atoms with Gasteiger partial charge >= 0.3 is 0 Å². The van der Waals surface area contributed by atoms with Gasteiger partial charge in [0.2, 0.25) is 10.0 Å². The number of rotatable bonds is 4. The van der Waals surface area contributed by atoms with Crippen LogP contribution in [0.3, 0.4) is 0 Å². The second kappa shape index (κ2) is 6.31. The van der Waals surface area contributed by atoms with Crippen LogP contribution in [0.15, 0.2) is 48.7 Å². The summed E-state index contributed by atoms with van der Waals surface area (Å²) in [5.74, 6) is -1.16. The molecule has 28 heavy (non-hydrogen) atoms. The monoisotopic (exact) mass is 398 g/mol. The summed E-state index contributed by atoms with van der Waals surface area (Å²) >= 11 is 0. The lowest BCUT2D eigenvalue weighted by molar-refractivity contribution is 0.0997. The third kappa shape index (κ3) is 3.05. The highest BCUT2D eigenvalue weighted by Crippen LogP contribution is 2.37. The average molecular weight is 398 g/mol. The first-order valence-electron chi connectivity index (χ1n) is 8.21. The number of nitrogens with zero attached hydrogens (tertiary/aromatic N) is 1. The van der Waals surface area contributed by atoms with E-state index >= 15 is 0 Å². The Balaban J connectivity index is 2.07. The molecule has 2 aromatic heterocycles. The van der Waals surface area contributed by atoms with Crippen LogP contribution in [-0.4, -0.2) is 30.5 Å². The molecule has 4 rings (SSSR count). The summed E-state index contributed by atoms with van der Waals surface area (Å²) in [6.07, 6.45) is 2.46. The highest BCUT2D eigenvalue weighted by Gasteiger charge is 2.19. The SMILES string of the molecule is CS(=O)(=O)Nc1ccc2c(c1)[nH]c1c(C(N)=O)ncc(-c3ccccc3F)c12. The van der Waals surface area contributed by atoms with Crippen LogP contribution in [0, 0.1) is 5.82 Å². The second-order valence-corrected chi connectivity index (χ2v) is 8.12. The number of aromatic amines is 1. The van der Waals surface area contributed by atoms with Crippen LogP contribution in [0.1, 0.15) is 10.5 Å². The van der Waals surface area contributed by atoms with E-state index in [4.69, 9.17) is 5.73 Å². The van der Waals surface area contributed by atoms with Crippen molar-refractivity contribution in [2.24, 2.45) is 5.73 Å². The number of nitrogens with two attached hydrogens (primary N) is 1. The van der Waals surface area contributed by atoms with Crippen LogP contribution in [0.2, 0.25) is 0 Å². The van der Waals surface area contributed by atoms with E-state index in [1.54, 1.807) is 36.4 Å². The van der Waals surface area contributed by atoms with Crippen LogP contribution >= 0.6 is 0 Å². The number of anilines is 1. The Hall–Kier alpha value is -3.46. The molecule has 2 aromatic carbocycles. The number of aromatic nitrogens is 2. The van der Waals surface area contributed by atoms with Crippen molar-refractivity contribution in [1.82, 2.24) is 9.97 Å². The molecule has 0 aliphatic rings. The van der Waals surface area contributed by atoms with E-state index in [0.717, 1.165) is 6.26 Å². The number of primary amides is 1. The highest BCUT2D eigenvalue weighted by atomic mass is 32.2. The van der Waals surface area contributed by atoms with Gasteiger partial charge in [-0.3, -0.25) is 9.52 Å². The summed E-state index contributed by atoms with van der Waals surface area (Å²) < 4.78 is 39.8. The summed E-state index contributed by atoms with van der Waals surface area (Å²) in [5, 5.41) is 1.26. The van der Waals surface area contributed by atoms with Gasteiger partial charge in [0.25, 0.3) is 5.91 Å². The Bertz CT molecular complexity index is 1360. The number of carbonyl (C=O) groups is 1. The van der Waals surface area contributed by atoms with Crippen molar-refractivity contribution in [2.45, 2.75) is 0 Å². The maximum atomic E-state index is 14.4. The van der Waals surface area contributed by atoms with Gasteiger partial charge in [-0.2, -0.15) is 0 Å². The summed E-state index contributed by atoms with van der Waals surface area (Å²) in [7, 11) is -3.45. The predicted octanol–water partition coefficient (Wildman–Crippen LogP) is 2.99. The van der Waals surface area contributed by atoms with Crippen molar-refractivity contribution in [3.8, 4) is 11.1 Å². The van der Waals surface area contributed by atoms with Gasteiger partial charge in [0, 0.05) is 33.6 Å². The molecule has 7 nitrogen and oxygen atoms in total. The number of pyridine rings is 1. The molecule has 0 spiro atoms. The largest absolute Gasteiger partial charge is 0.364 e. The van der Waals surface area contributed by atoms with Crippen LogP contribution < -0.4 is 10.5 Å². The van der Waals surface area contributed by atoms with E-state index in [1.165, 1.54) is 12.3 Å². The van der Waals surface area contributed by atoms with E-state index < -0.39 is 21.7 Å². The minimum Gasteiger partial charge on any atom is -0.364 e. The third-order valence-electron chi connectivity index (χ3n) is 4.33. The number of hydrogen-bond donors (Lipinski definition) is 3. The highest BCUT2D eigenvalue weighted by molar-refractivity contribution is 7.92. The minimum absolute atomic E-state index is 0.0175. The molecule has 0 fully saturated rings. The first-order chi connectivity index (χ1) is 13.2. The van der Waals surface area contributed by atoms with Crippen LogP contribution in [-0.2, 0) is 10.0 Å². The Morgan fingerprint density at radius 3 is 2.61 bits per heavy atom. The molecule has 0 bridgehead atoms. The fraction of sp³-hybridized carbons (Fsp3) is 0.0526. The van der Waals surface area contributed by atoms with E-state index in [2.05, 4.69) is 14.7 Å². The Kier molecular flexibility index (Phi) is 4.04. The molecule has 0 saturated carbocycles. The number of sulfonamides is 1. The summed E-state index contributed by atoms with van der Waals surface area (Å²) in [4.78, 5) is 19.0. The van der Waals surface area contributed by atoms with Crippen LogP contribution in [0.4, 0.5) is 10.1 Å². The number of carbonyl (C=O) groups excluding carboxylic acids is 1. The molecule has 0 atom stereocenters. The molecule has 0 unspecified atom stereocenters. The summed E-state index contributed by atoms with van der Waals surface area (Å²) in [6.45, 7) is 0. The number of benzene rings is 2.